The van der Waals surface area contributed by atoms with Crippen molar-refractivity contribution in [3.8, 4) is 0 Å². The number of benzene rings is 1. The average molecular weight is 401 g/mol. The summed E-state index contributed by atoms with van der Waals surface area (Å²) >= 11 is 21.0. The van der Waals surface area contributed by atoms with Gasteiger partial charge in [-0.05, 0) is 45.8 Å². The van der Waals surface area contributed by atoms with Gasteiger partial charge in [-0.2, -0.15) is 0 Å². The second-order valence-electron chi connectivity index (χ2n) is 3.17. The van der Waals surface area contributed by atoms with Crippen LogP contribution in [-0.4, -0.2) is 0 Å². The Balaban J connectivity index is 2.37. The van der Waals surface area contributed by atoms with E-state index in [0.29, 0.717) is 5.02 Å². The second-order valence-corrected chi connectivity index (χ2v) is 7.42. The van der Waals surface area contributed by atoms with Gasteiger partial charge in [0.25, 0.3) is 0 Å². The molecule has 0 amide bonds. The summed E-state index contributed by atoms with van der Waals surface area (Å²) in [6, 6.07) is 9.73. The van der Waals surface area contributed by atoms with Gasteiger partial charge in [-0.1, -0.05) is 33.6 Å². The van der Waals surface area contributed by atoms with Crippen LogP contribution in [0.15, 0.2) is 38.6 Å². The Morgan fingerprint density at radius 2 is 1.88 bits per heavy atom. The maximum Gasteiger partial charge on any atom is 0.0942 e. The number of thiophene rings is 1. The van der Waals surface area contributed by atoms with E-state index in [1.54, 1.807) is 11.3 Å². The molecule has 1 atom stereocenters. The van der Waals surface area contributed by atoms with E-state index in [0.717, 1.165) is 18.7 Å². The first-order valence-corrected chi connectivity index (χ1v) is 7.64. The summed E-state index contributed by atoms with van der Waals surface area (Å²) in [4.78, 5) is 1.08. The highest BCUT2D eigenvalue weighted by molar-refractivity contribution is 9.11. The first kappa shape index (κ1) is 12.9. The van der Waals surface area contributed by atoms with Crippen molar-refractivity contribution in [3.63, 3.8) is 0 Å². The summed E-state index contributed by atoms with van der Waals surface area (Å²) in [6.07, 6.45) is 0. The molecule has 0 nitrogen and oxygen atoms in total. The minimum absolute atomic E-state index is 0.197. The summed E-state index contributed by atoms with van der Waals surface area (Å²) < 4.78 is 2.03. The van der Waals surface area contributed by atoms with Gasteiger partial charge in [0.05, 0.1) is 9.16 Å². The fourth-order valence-electron chi connectivity index (χ4n) is 1.32. The molecule has 84 valence electrons. The quantitative estimate of drug-likeness (QED) is 0.522. The van der Waals surface area contributed by atoms with E-state index in [-0.39, 0.29) is 5.38 Å². The van der Waals surface area contributed by atoms with Gasteiger partial charge in [-0.3, -0.25) is 0 Å². The molecule has 0 fully saturated rings. The second kappa shape index (κ2) is 5.40. The summed E-state index contributed by atoms with van der Waals surface area (Å²) in [7, 11) is 0. The molecule has 0 spiro atoms. The molecule has 0 saturated carbocycles. The zero-order chi connectivity index (χ0) is 11.7. The molecular weight excluding hydrogens is 395 g/mol. The molecule has 1 unspecified atom stereocenters. The SMILES string of the molecule is Clc1cc(Br)ccc1C(Cl)c1ccc(Br)s1. The first-order valence-electron chi connectivity index (χ1n) is 4.42. The van der Waals surface area contributed by atoms with Gasteiger partial charge in [-0.15, -0.1) is 22.9 Å². The number of halogens is 4. The molecular formula is C11H6Br2Cl2S. The fourth-order valence-corrected chi connectivity index (χ4v) is 3.98. The van der Waals surface area contributed by atoms with Crippen LogP contribution in [-0.2, 0) is 0 Å². The van der Waals surface area contributed by atoms with Crippen molar-refractivity contribution in [2.75, 3.05) is 0 Å². The average Bonchev–Trinajstić information content (AvgIpc) is 2.64. The number of hydrogen-bond donors (Lipinski definition) is 0. The van der Waals surface area contributed by atoms with Gasteiger partial charge in [0.1, 0.15) is 0 Å². The minimum Gasteiger partial charge on any atom is -0.131 e. The number of rotatable bonds is 2. The van der Waals surface area contributed by atoms with Crippen LogP contribution in [0.1, 0.15) is 15.8 Å². The lowest BCUT2D eigenvalue weighted by molar-refractivity contribution is 1.18. The highest BCUT2D eigenvalue weighted by atomic mass is 79.9. The maximum absolute atomic E-state index is 6.39. The van der Waals surface area contributed by atoms with Crippen molar-refractivity contribution in [1.82, 2.24) is 0 Å². The zero-order valence-electron chi connectivity index (χ0n) is 7.88. The molecule has 0 aliphatic rings. The van der Waals surface area contributed by atoms with Crippen LogP contribution in [0.25, 0.3) is 0 Å². The molecule has 2 rings (SSSR count). The smallest absolute Gasteiger partial charge is 0.0942 e. The third-order valence-electron chi connectivity index (χ3n) is 2.08. The zero-order valence-corrected chi connectivity index (χ0v) is 13.4. The van der Waals surface area contributed by atoms with Crippen molar-refractivity contribution < 1.29 is 0 Å². The molecule has 5 heteroatoms. The Bertz CT molecular complexity index is 510. The van der Waals surface area contributed by atoms with E-state index in [4.69, 9.17) is 23.2 Å². The summed E-state index contributed by atoms with van der Waals surface area (Å²) in [5, 5.41) is 0.482. The van der Waals surface area contributed by atoms with Crippen LogP contribution in [0.4, 0.5) is 0 Å². The molecule has 1 heterocycles. The Kier molecular flexibility index (Phi) is 4.36. The van der Waals surface area contributed by atoms with E-state index in [2.05, 4.69) is 31.9 Å². The predicted octanol–water partition coefficient (Wildman–Crippen LogP) is 6.25. The Hall–Kier alpha value is 0.460. The molecule has 0 aliphatic carbocycles. The predicted molar refractivity (Wildman–Crippen MR) is 78.9 cm³/mol. The molecule has 16 heavy (non-hydrogen) atoms. The van der Waals surface area contributed by atoms with Gasteiger partial charge in [0.15, 0.2) is 0 Å². The molecule has 0 saturated heterocycles. The first-order chi connectivity index (χ1) is 7.58. The molecule has 0 radical (unpaired) electrons. The van der Waals surface area contributed by atoms with Crippen molar-refractivity contribution >= 4 is 66.4 Å². The summed E-state index contributed by atoms with van der Waals surface area (Å²) in [5.74, 6) is 0. The third kappa shape index (κ3) is 2.82. The van der Waals surface area contributed by atoms with Crippen molar-refractivity contribution in [2.24, 2.45) is 0 Å². The number of hydrogen-bond acceptors (Lipinski definition) is 1. The Morgan fingerprint density at radius 3 is 2.44 bits per heavy atom. The van der Waals surface area contributed by atoms with Crippen molar-refractivity contribution in [1.29, 1.82) is 0 Å². The number of alkyl halides is 1. The fraction of sp³-hybridized carbons (Fsp3) is 0.0909. The molecule has 0 N–H and O–H groups in total. The topological polar surface area (TPSA) is 0 Å². The lowest BCUT2D eigenvalue weighted by atomic mass is 10.1. The van der Waals surface area contributed by atoms with E-state index in [1.807, 2.05) is 30.3 Å². The van der Waals surface area contributed by atoms with Crippen LogP contribution < -0.4 is 0 Å². The van der Waals surface area contributed by atoms with Crippen LogP contribution in [0, 0.1) is 0 Å². The molecule has 1 aromatic heterocycles. The summed E-state index contributed by atoms with van der Waals surface area (Å²) in [5.41, 5.74) is 0.931. The van der Waals surface area contributed by atoms with Crippen LogP contribution in [0.5, 0.6) is 0 Å². The molecule has 0 bridgehead atoms. The van der Waals surface area contributed by atoms with Crippen LogP contribution >= 0.6 is 66.4 Å². The Morgan fingerprint density at radius 1 is 1.12 bits per heavy atom. The van der Waals surface area contributed by atoms with E-state index in [9.17, 15) is 0 Å². The normalized spacial score (nSPS) is 12.8. The van der Waals surface area contributed by atoms with Crippen molar-refractivity contribution in [3.05, 3.63) is 54.1 Å². The highest BCUT2D eigenvalue weighted by Crippen LogP contribution is 2.39. The van der Waals surface area contributed by atoms with Crippen molar-refractivity contribution in [2.45, 2.75) is 5.38 Å². The van der Waals surface area contributed by atoms with Gasteiger partial charge in [0, 0.05) is 14.4 Å². The highest BCUT2D eigenvalue weighted by Gasteiger charge is 2.16. The van der Waals surface area contributed by atoms with Gasteiger partial charge in [-0.25, -0.2) is 0 Å². The van der Waals surface area contributed by atoms with E-state index >= 15 is 0 Å². The maximum atomic E-state index is 6.39. The minimum atomic E-state index is -0.197. The van der Waals surface area contributed by atoms with E-state index in [1.165, 1.54) is 0 Å². The van der Waals surface area contributed by atoms with E-state index < -0.39 is 0 Å². The van der Waals surface area contributed by atoms with Gasteiger partial charge < -0.3 is 0 Å². The Labute approximate surface area is 125 Å². The van der Waals surface area contributed by atoms with Crippen LogP contribution in [0.3, 0.4) is 0 Å². The lowest BCUT2D eigenvalue weighted by Crippen LogP contribution is -1.91. The lowest BCUT2D eigenvalue weighted by Gasteiger charge is -2.10. The van der Waals surface area contributed by atoms with Gasteiger partial charge >= 0.3 is 0 Å². The van der Waals surface area contributed by atoms with Gasteiger partial charge in [0.2, 0.25) is 0 Å². The standard InChI is InChI=1S/C11H6Br2Cl2S/c12-6-1-2-7(8(14)5-6)11(15)9-3-4-10(13)16-9/h1-5,11H. The molecule has 2 aromatic rings. The monoisotopic (exact) mass is 398 g/mol. The largest absolute Gasteiger partial charge is 0.131 e. The molecule has 1 aromatic carbocycles. The third-order valence-corrected chi connectivity index (χ3v) is 5.19. The summed E-state index contributed by atoms with van der Waals surface area (Å²) in [6.45, 7) is 0. The van der Waals surface area contributed by atoms with Crippen LogP contribution in [0.2, 0.25) is 5.02 Å². The molecule has 0 aliphatic heterocycles.